The number of hydrogen-bond donors (Lipinski definition) is 0. The molecule has 2 rings (SSSR count). The Kier molecular flexibility index (Phi) is 1.62. The van der Waals surface area contributed by atoms with Crippen molar-refractivity contribution in [2.75, 3.05) is 0 Å². The van der Waals surface area contributed by atoms with Crippen molar-refractivity contribution in [3.8, 4) is 0 Å². The monoisotopic (exact) mass is 176 g/mol. The second-order valence-electron chi connectivity index (χ2n) is 2.90. The van der Waals surface area contributed by atoms with Crippen LogP contribution >= 0.6 is 0 Å². The highest BCUT2D eigenvalue weighted by Crippen LogP contribution is 2.06. The molecule has 0 saturated heterocycles. The molecule has 0 spiro atoms. The summed E-state index contributed by atoms with van der Waals surface area (Å²) in [5.74, 6) is 0.342. The van der Waals surface area contributed by atoms with E-state index in [9.17, 15) is 4.79 Å². The molecule has 0 saturated carbocycles. The van der Waals surface area contributed by atoms with E-state index in [-0.39, 0.29) is 5.63 Å². The maximum absolute atomic E-state index is 11.3. The average Bonchev–Trinajstić information content (AvgIpc) is 2.06. The van der Waals surface area contributed by atoms with E-state index in [4.69, 9.17) is 4.42 Å². The Hall–Kier alpha value is -1.71. The SMILES string of the molecule is Cc1cnc2nc(C)oc(=O)c2c1. The molecule has 0 radical (unpaired) electrons. The smallest absolute Gasteiger partial charge is 0.348 e. The molecule has 4 heteroatoms. The van der Waals surface area contributed by atoms with Gasteiger partial charge in [-0.2, -0.15) is 4.98 Å². The third kappa shape index (κ3) is 1.30. The van der Waals surface area contributed by atoms with Crippen LogP contribution in [0.15, 0.2) is 21.5 Å². The van der Waals surface area contributed by atoms with Crippen molar-refractivity contribution in [2.24, 2.45) is 0 Å². The van der Waals surface area contributed by atoms with Crippen molar-refractivity contribution in [1.82, 2.24) is 9.97 Å². The van der Waals surface area contributed by atoms with Crippen LogP contribution in [0, 0.1) is 13.8 Å². The zero-order valence-electron chi connectivity index (χ0n) is 7.37. The summed E-state index contributed by atoms with van der Waals surface area (Å²) in [6.07, 6.45) is 1.67. The van der Waals surface area contributed by atoms with E-state index >= 15 is 0 Å². The summed E-state index contributed by atoms with van der Waals surface area (Å²) in [5.41, 5.74) is 0.989. The van der Waals surface area contributed by atoms with Crippen LogP contribution in [-0.2, 0) is 0 Å². The fraction of sp³-hybridized carbons (Fsp3) is 0.222. The second-order valence-corrected chi connectivity index (χ2v) is 2.90. The minimum atomic E-state index is -0.376. The van der Waals surface area contributed by atoms with Crippen molar-refractivity contribution >= 4 is 11.0 Å². The van der Waals surface area contributed by atoms with Gasteiger partial charge in [-0.25, -0.2) is 9.78 Å². The zero-order chi connectivity index (χ0) is 9.42. The van der Waals surface area contributed by atoms with Crippen LogP contribution in [0.4, 0.5) is 0 Å². The second kappa shape index (κ2) is 2.65. The normalized spacial score (nSPS) is 10.6. The van der Waals surface area contributed by atoms with Crippen LogP contribution in [0.1, 0.15) is 11.5 Å². The van der Waals surface area contributed by atoms with Gasteiger partial charge in [0.1, 0.15) is 5.39 Å². The van der Waals surface area contributed by atoms with E-state index in [1.165, 1.54) is 0 Å². The zero-order valence-corrected chi connectivity index (χ0v) is 7.37. The molecule has 0 atom stereocenters. The Labute approximate surface area is 74.2 Å². The van der Waals surface area contributed by atoms with E-state index in [1.807, 2.05) is 6.92 Å². The van der Waals surface area contributed by atoms with Crippen LogP contribution < -0.4 is 5.63 Å². The Morgan fingerprint density at radius 3 is 2.92 bits per heavy atom. The fourth-order valence-electron chi connectivity index (χ4n) is 1.16. The first-order valence-electron chi connectivity index (χ1n) is 3.91. The van der Waals surface area contributed by atoms with Gasteiger partial charge in [-0.15, -0.1) is 0 Å². The van der Waals surface area contributed by atoms with E-state index < -0.39 is 0 Å². The number of fused-ring (bicyclic) bond motifs is 1. The Bertz CT molecular complexity index is 516. The Balaban J connectivity index is 2.95. The first-order chi connectivity index (χ1) is 6.16. The topological polar surface area (TPSA) is 56.0 Å². The molecule has 0 aliphatic heterocycles. The van der Waals surface area contributed by atoms with Gasteiger partial charge in [0.2, 0.25) is 0 Å². The number of rotatable bonds is 0. The van der Waals surface area contributed by atoms with Gasteiger partial charge in [-0.05, 0) is 18.6 Å². The lowest BCUT2D eigenvalue weighted by Gasteiger charge is -1.96. The van der Waals surface area contributed by atoms with Gasteiger partial charge >= 0.3 is 5.63 Å². The maximum Gasteiger partial charge on any atom is 0.348 e. The van der Waals surface area contributed by atoms with Crippen LogP contribution in [-0.4, -0.2) is 9.97 Å². The Morgan fingerprint density at radius 1 is 1.38 bits per heavy atom. The van der Waals surface area contributed by atoms with Crippen LogP contribution in [0.2, 0.25) is 0 Å². The molecule has 0 aromatic carbocycles. The van der Waals surface area contributed by atoms with Gasteiger partial charge in [-0.3, -0.25) is 0 Å². The highest BCUT2D eigenvalue weighted by Gasteiger charge is 2.03. The molecule has 2 aromatic rings. The van der Waals surface area contributed by atoms with Crippen molar-refractivity contribution in [2.45, 2.75) is 13.8 Å². The summed E-state index contributed by atoms with van der Waals surface area (Å²) < 4.78 is 4.84. The molecule has 0 fully saturated rings. The molecule has 4 nitrogen and oxygen atoms in total. The van der Waals surface area contributed by atoms with Crippen molar-refractivity contribution in [3.05, 3.63) is 34.1 Å². The molecule has 0 unspecified atom stereocenters. The number of aryl methyl sites for hydroxylation is 2. The molecule has 0 aliphatic rings. The quantitative estimate of drug-likeness (QED) is 0.605. The molecule has 0 N–H and O–H groups in total. The molecule has 66 valence electrons. The number of pyridine rings is 1. The van der Waals surface area contributed by atoms with Gasteiger partial charge in [-0.1, -0.05) is 0 Å². The Morgan fingerprint density at radius 2 is 2.15 bits per heavy atom. The lowest BCUT2D eigenvalue weighted by molar-refractivity contribution is 0.466. The first kappa shape index (κ1) is 7.91. The molecule has 13 heavy (non-hydrogen) atoms. The molecule has 2 aromatic heterocycles. The summed E-state index contributed by atoms with van der Waals surface area (Å²) in [5, 5.41) is 0.436. The number of hydrogen-bond acceptors (Lipinski definition) is 4. The third-order valence-corrected chi connectivity index (χ3v) is 1.73. The average molecular weight is 176 g/mol. The van der Waals surface area contributed by atoms with Crippen LogP contribution in [0.5, 0.6) is 0 Å². The highest BCUT2D eigenvalue weighted by molar-refractivity contribution is 5.73. The number of nitrogens with zero attached hydrogens (tertiary/aromatic N) is 2. The molecule has 2 heterocycles. The third-order valence-electron chi connectivity index (χ3n) is 1.73. The van der Waals surface area contributed by atoms with Crippen molar-refractivity contribution in [3.63, 3.8) is 0 Å². The minimum absolute atomic E-state index is 0.342. The first-order valence-corrected chi connectivity index (χ1v) is 3.91. The summed E-state index contributed by atoms with van der Waals surface area (Å²) in [7, 11) is 0. The molecular weight excluding hydrogens is 168 g/mol. The van der Waals surface area contributed by atoms with Crippen molar-refractivity contribution < 1.29 is 4.42 Å². The van der Waals surface area contributed by atoms with Crippen LogP contribution in [0.3, 0.4) is 0 Å². The fourth-order valence-corrected chi connectivity index (χ4v) is 1.16. The van der Waals surface area contributed by atoms with Gasteiger partial charge in [0, 0.05) is 13.1 Å². The lowest BCUT2D eigenvalue weighted by atomic mass is 10.2. The highest BCUT2D eigenvalue weighted by atomic mass is 16.4. The minimum Gasteiger partial charge on any atom is -0.408 e. The summed E-state index contributed by atoms with van der Waals surface area (Å²) in [6.45, 7) is 3.49. The van der Waals surface area contributed by atoms with E-state index in [0.29, 0.717) is 16.9 Å². The van der Waals surface area contributed by atoms with Gasteiger partial charge in [0.15, 0.2) is 11.5 Å². The van der Waals surface area contributed by atoms with Crippen LogP contribution in [0.25, 0.3) is 11.0 Å². The summed E-state index contributed by atoms with van der Waals surface area (Å²) >= 11 is 0. The molecule has 0 aliphatic carbocycles. The number of aromatic nitrogens is 2. The largest absolute Gasteiger partial charge is 0.408 e. The maximum atomic E-state index is 11.3. The summed E-state index contributed by atoms with van der Waals surface area (Å²) in [4.78, 5) is 19.3. The summed E-state index contributed by atoms with van der Waals surface area (Å²) in [6, 6.07) is 1.72. The standard InChI is InChI=1S/C9H8N2O2/c1-5-3-7-8(10-4-5)11-6(2)13-9(7)12/h3-4H,1-2H3. The predicted molar refractivity (Wildman–Crippen MR) is 47.5 cm³/mol. The van der Waals surface area contributed by atoms with Gasteiger partial charge < -0.3 is 4.42 Å². The molecular formula is C9H8N2O2. The van der Waals surface area contributed by atoms with E-state index in [1.54, 1.807) is 19.2 Å². The lowest BCUT2D eigenvalue weighted by Crippen LogP contribution is -2.04. The van der Waals surface area contributed by atoms with E-state index in [2.05, 4.69) is 9.97 Å². The molecule has 0 bridgehead atoms. The van der Waals surface area contributed by atoms with E-state index in [0.717, 1.165) is 5.56 Å². The van der Waals surface area contributed by atoms with Gasteiger partial charge in [0.25, 0.3) is 0 Å². The predicted octanol–water partition coefficient (Wildman–Crippen LogP) is 1.20. The van der Waals surface area contributed by atoms with Crippen molar-refractivity contribution in [1.29, 1.82) is 0 Å². The van der Waals surface area contributed by atoms with Gasteiger partial charge in [0.05, 0.1) is 0 Å². The molecule has 0 amide bonds.